The molecule has 0 aromatic rings. The Morgan fingerprint density at radius 3 is 1.65 bits per heavy atom. The predicted molar refractivity (Wildman–Crippen MR) is 201 cm³/mol. The molecule has 0 heterocycles. The van der Waals surface area contributed by atoms with Crippen LogP contribution in [0.25, 0.3) is 0 Å². The maximum atomic E-state index is 12.5. The number of unbranched alkanes of at least 4 members (excludes halogenated alkanes) is 6. The van der Waals surface area contributed by atoms with Gasteiger partial charge in [-0.1, -0.05) is 125 Å². The first-order valence-corrected chi connectivity index (χ1v) is 19.6. The van der Waals surface area contributed by atoms with E-state index in [-0.39, 0.29) is 32.8 Å². The summed E-state index contributed by atoms with van der Waals surface area (Å²) in [6, 6.07) is 0. The molecule has 9 heteroatoms. The summed E-state index contributed by atoms with van der Waals surface area (Å²) >= 11 is 0. The molecule has 48 heavy (non-hydrogen) atoms. The van der Waals surface area contributed by atoms with Gasteiger partial charge in [0.1, 0.15) is 6.10 Å². The number of ether oxygens (including phenoxy) is 2. The number of nitrogens with two attached hydrogens (primary N) is 1. The van der Waals surface area contributed by atoms with Crippen LogP contribution in [0.5, 0.6) is 0 Å². The smallest absolute Gasteiger partial charge is 0.457 e. The Kier molecular flexibility index (Phi) is 34.2. The molecule has 2 unspecified atom stereocenters. The monoisotopic (exact) mass is 691 g/mol. The third-order valence-corrected chi connectivity index (χ3v) is 7.81. The molecule has 0 aliphatic rings. The van der Waals surface area contributed by atoms with Gasteiger partial charge in [-0.3, -0.25) is 13.8 Å². The van der Waals surface area contributed by atoms with Crippen molar-refractivity contribution in [3.63, 3.8) is 0 Å². The summed E-state index contributed by atoms with van der Waals surface area (Å²) in [7, 11) is -4.30. The minimum absolute atomic E-state index is 0.0730. The molecule has 0 saturated carbocycles. The van der Waals surface area contributed by atoms with Crippen molar-refractivity contribution in [1.29, 1.82) is 0 Å². The Morgan fingerprint density at radius 2 is 1.10 bits per heavy atom. The molecule has 0 radical (unpaired) electrons. The van der Waals surface area contributed by atoms with Crippen LogP contribution < -0.4 is 5.73 Å². The summed E-state index contributed by atoms with van der Waals surface area (Å²) < 4.78 is 33.1. The van der Waals surface area contributed by atoms with E-state index < -0.39 is 19.9 Å². The molecule has 0 aliphatic heterocycles. The third kappa shape index (κ3) is 35.0. The Labute approximate surface area is 292 Å². The van der Waals surface area contributed by atoms with E-state index in [2.05, 4.69) is 86.8 Å². The second-order valence-electron chi connectivity index (χ2n) is 11.3. The van der Waals surface area contributed by atoms with Crippen molar-refractivity contribution < 1.29 is 32.8 Å². The Hall–Kier alpha value is -2.32. The normalized spacial score (nSPS) is 14.7. The molecule has 0 aromatic carbocycles. The summed E-state index contributed by atoms with van der Waals surface area (Å²) in [5.74, 6) is -0.420. The maximum absolute atomic E-state index is 12.5. The molecule has 0 fully saturated rings. The molecule has 0 rings (SSSR count). The van der Waals surface area contributed by atoms with Crippen molar-refractivity contribution >= 4 is 13.8 Å². The molecule has 3 N–H and O–H groups in total. The first-order chi connectivity index (χ1) is 23.4. The average Bonchev–Trinajstić information content (AvgIpc) is 3.07. The van der Waals surface area contributed by atoms with E-state index in [0.29, 0.717) is 13.0 Å². The first-order valence-electron chi connectivity index (χ1n) is 18.1. The number of carbonyl (C=O) groups is 1. The van der Waals surface area contributed by atoms with E-state index in [1.54, 1.807) is 0 Å². The molecular weight excluding hydrogens is 625 g/mol. The van der Waals surface area contributed by atoms with Crippen LogP contribution in [-0.2, 0) is 27.9 Å². The number of hydrogen-bond donors (Lipinski definition) is 2. The number of carbonyl (C=O) groups excluding carboxylic acids is 1. The molecule has 274 valence electrons. The number of phosphoric acid groups is 1. The fourth-order valence-electron chi connectivity index (χ4n) is 4.26. The molecule has 0 amide bonds. The fraction of sp³-hybridized carbons (Fsp3) is 0.615. The number of phosphoric ester groups is 1. The minimum Gasteiger partial charge on any atom is -0.457 e. The molecule has 0 aliphatic carbocycles. The molecule has 0 aromatic heterocycles. The zero-order valence-corrected chi connectivity index (χ0v) is 30.8. The van der Waals surface area contributed by atoms with Gasteiger partial charge in [0.25, 0.3) is 0 Å². The van der Waals surface area contributed by atoms with E-state index in [4.69, 9.17) is 24.3 Å². The van der Waals surface area contributed by atoms with Crippen LogP contribution in [0.4, 0.5) is 0 Å². The zero-order valence-electron chi connectivity index (χ0n) is 29.9. The molecule has 0 spiro atoms. The number of hydrogen-bond acceptors (Lipinski definition) is 7. The lowest BCUT2D eigenvalue weighted by Gasteiger charge is -2.19. The molecule has 0 bridgehead atoms. The molecule has 8 nitrogen and oxygen atoms in total. The quantitative estimate of drug-likeness (QED) is 0.0302. The molecular formula is C39H66NO7P. The van der Waals surface area contributed by atoms with Crippen LogP contribution in [-0.4, -0.2) is 49.9 Å². The summed E-state index contributed by atoms with van der Waals surface area (Å²) in [4.78, 5) is 22.3. The highest BCUT2D eigenvalue weighted by Crippen LogP contribution is 2.43. The summed E-state index contributed by atoms with van der Waals surface area (Å²) in [5, 5.41) is 0. The van der Waals surface area contributed by atoms with Crippen LogP contribution in [0.15, 0.2) is 85.1 Å². The minimum atomic E-state index is -4.30. The lowest BCUT2D eigenvalue weighted by Crippen LogP contribution is -2.28. The van der Waals surface area contributed by atoms with E-state index in [1.165, 1.54) is 19.3 Å². The lowest BCUT2D eigenvalue weighted by atomic mass is 10.1. The van der Waals surface area contributed by atoms with Gasteiger partial charge in [0, 0.05) is 19.6 Å². The largest absolute Gasteiger partial charge is 0.472 e. The van der Waals surface area contributed by atoms with Crippen LogP contribution in [0.2, 0.25) is 0 Å². The first kappa shape index (κ1) is 45.7. The van der Waals surface area contributed by atoms with Gasteiger partial charge in [0.05, 0.1) is 19.8 Å². The second kappa shape index (κ2) is 36.0. The van der Waals surface area contributed by atoms with Gasteiger partial charge >= 0.3 is 13.8 Å². The highest BCUT2D eigenvalue weighted by Gasteiger charge is 2.25. The number of esters is 1. The SMILES string of the molecule is CC/C=C\C/C=C\C/C=C\C/C=C\CCC(=O)OC(COCCCCCCCC/C=C\C/C=C\C/C=C\CC)COP(=O)(O)OCCN. The fourth-order valence-corrected chi connectivity index (χ4v) is 5.02. The Morgan fingerprint density at radius 1 is 0.625 bits per heavy atom. The van der Waals surface area contributed by atoms with Gasteiger partial charge in [-0.05, 0) is 70.6 Å². The highest BCUT2D eigenvalue weighted by molar-refractivity contribution is 7.47. The maximum Gasteiger partial charge on any atom is 0.472 e. The number of allylic oxidation sites excluding steroid dienone is 14. The molecule has 2 atom stereocenters. The van der Waals surface area contributed by atoms with Gasteiger partial charge < -0.3 is 20.1 Å². The zero-order chi connectivity index (χ0) is 35.2. The highest BCUT2D eigenvalue weighted by atomic mass is 31.2. The van der Waals surface area contributed by atoms with E-state index >= 15 is 0 Å². The van der Waals surface area contributed by atoms with Crippen molar-refractivity contribution in [2.45, 2.75) is 123 Å². The second-order valence-corrected chi connectivity index (χ2v) is 12.8. The van der Waals surface area contributed by atoms with Crippen molar-refractivity contribution in [3.8, 4) is 0 Å². The van der Waals surface area contributed by atoms with Crippen molar-refractivity contribution in [1.82, 2.24) is 0 Å². The van der Waals surface area contributed by atoms with Gasteiger partial charge in [-0.15, -0.1) is 0 Å². The van der Waals surface area contributed by atoms with Crippen molar-refractivity contribution in [3.05, 3.63) is 85.1 Å². The summed E-state index contributed by atoms with van der Waals surface area (Å²) in [6.07, 6.45) is 44.7. The topological polar surface area (TPSA) is 117 Å². The van der Waals surface area contributed by atoms with Gasteiger partial charge in [-0.2, -0.15) is 0 Å². The molecule has 0 saturated heterocycles. The van der Waals surface area contributed by atoms with E-state index in [0.717, 1.165) is 70.6 Å². The van der Waals surface area contributed by atoms with E-state index in [9.17, 15) is 14.3 Å². The van der Waals surface area contributed by atoms with Gasteiger partial charge in [0.2, 0.25) is 0 Å². The van der Waals surface area contributed by atoms with Gasteiger partial charge in [-0.25, -0.2) is 4.57 Å². The average molecular weight is 692 g/mol. The van der Waals surface area contributed by atoms with Crippen molar-refractivity contribution in [2.24, 2.45) is 5.73 Å². The van der Waals surface area contributed by atoms with Crippen LogP contribution >= 0.6 is 7.82 Å². The summed E-state index contributed by atoms with van der Waals surface area (Å²) in [6.45, 7) is 4.52. The van der Waals surface area contributed by atoms with Crippen molar-refractivity contribution in [2.75, 3.05) is 33.0 Å². The third-order valence-electron chi connectivity index (χ3n) is 6.82. The number of rotatable bonds is 33. The van der Waals surface area contributed by atoms with E-state index in [1.807, 2.05) is 12.2 Å². The Balaban J connectivity index is 4.26. The standard InChI is InChI=1S/C39H66NO7P/c1-3-5-7-9-11-13-15-17-18-19-21-23-25-27-29-31-34-44-36-38(37-46-48(42,43)45-35-33-40)47-39(41)32-30-28-26-24-22-20-16-14-12-10-8-6-4-2/h5-8,11-14,17-18,20,22,26,28,38H,3-4,9-10,15-16,19,21,23-25,27,29-37,40H2,1-2H3,(H,42,43)/b7-5-,8-6-,13-11-,14-12-,18-17-,22-20-,28-26-. The van der Waals surface area contributed by atoms with Crippen LogP contribution in [0.1, 0.15) is 117 Å². The van der Waals surface area contributed by atoms with Crippen LogP contribution in [0.3, 0.4) is 0 Å². The van der Waals surface area contributed by atoms with Gasteiger partial charge in [0.15, 0.2) is 0 Å². The Bertz CT molecular complexity index is 1000. The summed E-state index contributed by atoms with van der Waals surface area (Å²) in [5.41, 5.74) is 5.34. The van der Waals surface area contributed by atoms with Crippen LogP contribution in [0, 0.1) is 0 Å². The predicted octanol–water partition coefficient (Wildman–Crippen LogP) is 10.2. The lowest BCUT2D eigenvalue weighted by molar-refractivity contribution is -0.154.